The van der Waals surface area contributed by atoms with Crippen LogP contribution in [0.3, 0.4) is 0 Å². The number of para-hydroxylation sites is 1. The van der Waals surface area contributed by atoms with Crippen molar-refractivity contribution in [2.24, 2.45) is 5.92 Å². The molecule has 1 aliphatic rings. The number of rotatable bonds is 6. The Balaban J connectivity index is 0.000000447. The third-order valence-corrected chi connectivity index (χ3v) is 5.10. The minimum absolute atomic E-state index is 0.113. The van der Waals surface area contributed by atoms with Gasteiger partial charge in [-0.1, -0.05) is 29.3 Å². The Labute approximate surface area is 180 Å². The molecule has 0 aliphatic carbocycles. The SMILES string of the molecule is CCN(C(=O)CC1CCN(C)CC1)c1c(Cl)cccc1Cl.O=C(O)/C=C/C(=O)O. The van der Waals surface area contributed by atoms with Gasteiger partial charge in [0.1, 0.15) is 0 Å². The largest absolute Gasteiger partial charge is 0.478 e. The van der Waals surface area contributed by atoms with Crippen LogP contribution in [0.4, 0.5) is 5.69 Å². The van der Waals surface area contributed by atoms with Gasteiger partial charge in [-0.25, -0.2) is 9.59 Å². The summed E-state index contributed by atoms with van der Waals surface area (Å²) in [5, 5.41) is 16.7. The van der Waals surface area contributed by atoms with Gasteiger partial charge in [-0.15, -0.1) is 0 Å². The first-order valence-electron chi connectivity index (χ1n) is 9.22. The number of benzene rings is 1. The lowest BCUT2D eigenvalue weighted by Crippen LogP contribution is -2.36. The average molecular weight is 445 g/mol. The van der Waals surface area contributed by atoms with E-state index in [4.69, 9.17) is 33.4 Å². The van der Waals surface area contributed by atoms with Gasteiger partial charge < -0.3 is 20.0 Å². The van der Waals surface area contributed by atoms with Crippen LogP contribution >= 0.6 is 23.2 Å². The maximum Gasteiger partial charge on any atom is 0.328 e. The van der Waals surface area contributed by atoms with E-state index in [0.717, 1.165) is 25.9 Å². The van der Waals surface area contributed by atoms with Gasteiger partial charge in [0.25, 0.3) is 0 Å². The van der Waals surface area contributed by atoms with Gasteiger partial charge in [0, 0.05) is 25.1 Å². The number of nitrogens with zero attached hydrogens (tertiary/aromatic N) is 2. The van der Waals surface area contributed by atoms with Crippen molar-refractivity contribution in [2.75, 3.05) is 31.6 Å². The van der Waals surface area contributed by atoms with E-state index < -0.39 is 11.9 Å². The summed E-state index contributed by atoms with van der Waals surface area (Å²) >= 11 is 12.4. The van der Waals surface area contributed by atoms with Crippen molar-refractivity contribution in [3.63, 3.8) is 0 Å². The maximum absolute atomic E-state index is 12.6. The van der Waals surface area contributed by atoms with Crippen LogP contribution < -0.4 is 4.90 Å². The number of piperidine rings is 1. The molecule has 1 aromatic rings. The fourth-order valence-electron chi connectivity index (χ4n) is 2.97. The highest BCUT2D eigenvalue weighted by Crippen LogP contribution is 2.34. The number of hydrogen-bond donors (Lipinski definition) is 2. The Morgan fingerprint density at radius 2 is 1.59 bits per heavy atom. The van der Waals surface area contributed by atoms with E-state index in [1.807, 2.05) is 6.92 Å². The van der Waals surface area contributed by atoms with Crippen molar-refractivity contribution < 1.29 is 24.6 Å². The van der Waals surface area contributed by atoms with Crippen LogP contribution in [0, 0.1) is 5.92 Å². The molecule has 1 aromatic carbocycles. The highest BCUT2D eigenvalue weighted by Gasteiger charge is 2.24. The van der Waals surface area contributed by atoms with Gasteiger partial charge in [-0.2, -0.15) is 0 Å². The van der Waals surface area contributed by atoms with E-state index in [0.29, 0.717) is 46.8 Å². The Morgan fingerprint density at radius 3 is 2.00 bits per heavy atom. The first-order valence-corrected chi connectivity index (χ1v) is 9.98. The molecule has 0 saturated carbocycles. The van der Waals surface area contributed by atoms with E-state index in [-0.39, 0.29) is 5.91 Å². The van der Waals surface area contributed by atoms with Gasteiger partial charge in [0.2, 0.25) is 5.91 Å². The molecule has 160 valence electrons. The monoisotopic (exact) mass is 444 g/mol. The highest BCUT2D eigenvalue weighted by molar-refractivity contribution is 6.39. The lowest BCUT2D eigenvalue weighted by molar-refractivity contribution is -0.134. The topological polar surface area (TPSA) is 98.2 Å². The Kier molecular flexibility index (Phi) is 10.7. The van der Waals surface area contributed by atoms with Crippen LogP contribution in [-0.2, 0) is 14.4 Å². The van der Waals surface area contributed by atoms with Crippen LogP contribution in [0.1, 0.15) is 26.2 Å². The molecule has 2 N–H and O–H groups in total. The molecule has 1 heterocycles. The van der Waals surface area contributed by atoms with E-state index >= 15 is 0 Å². The Morgan fingerprint density at radius 1 is 1.10 bits per heavy atom. The number of carboxylic acid groups (broad SMARTS) is 2. The summed E-state index contributed by atoms with van der Waals surface area (Å²) < 4.78 is 0. The predicted octanol–water partition coefficient (Wildman–Crippen LogP) is 3.79. The van der Waals surface area contributed by atoms with Gasteiger partial charge >= 0.3 is 11.9 Å². The minimum Gasteiger partial charge on any atom is -0.478 e. The fraction of sp³-hybridized carbons (Fsp3) is 0.450. The molecule has 0 unspecified atom stereocenters. The number of halogens is 2. The average Bonchev–Trinajstić information content (AvgIpc) is 2.65. The number of carbonyl (C=O) groups is 3. The number of carboxylic acids is 2. The Hall–Kier alpha value is -2.09. The minimum atomic E-state index is -1.26. The van der Waals surface area contributed by atoms with Gasteiger partial charge in [0.15, 0.2) is 0 Å². The van der Waals surface area contributed by atoms with Gasteiger partial charge in [0.05, 0.1) is 15.7 Å². The number of amides is 1. The predicted molar refractivity (Wildman–Crippen MR) is 114 cm³/mol. The summed E-state index contributed by atoms with van der Waals surface area (Å²) in [7, 11) is 2.12. The summed E-state index contributed by atoms with van der Waals surface area (Å²) in [4.78, 5) is 35.8. The number of likely N-dealkylation sites (tertiary alicyclic amines) is 1. The number of anilines is 1. The van der Waals surface area contributed by atoms with Crippen LogP contribution in [0.15, 0.2) is 30.4 Å². The van der Waals surface area contributed by atoms with E-state index in [1.54, 1.807) is 23.1 Å². The molecule has 1 aliphatic heterocycles. The van der Waals surface area contributed by atoms with Gasteiger partial charge in [-0.05, 0) is 58.0 Å². The van der Waals surface area contributed by atoms with E-state index in [1.165, 1.54) is 0 Å². The molecular formula is C20H26Cl2N2O5. The van der Waals surface area contributed by atoms with Crippen molar-refractivity contribution in [3.8, 4) is 0 Å². The summed E-state index contributed by atoms with van der Waals surface area (Å²) in [5.41, 5.74) is 0.640. The molecule has 1 saturated heterocycles. The van der Waals surface area contributed by atoms with Crippen LogP contribution in [0.25, 0.3) is 0 Å². The van der Waals surface area contributed by atoms with Crippen LogP contribution in [0.2, 0.25) is 10.0 Å². The van der Waals surface area contributed by atoms with Crippen LogP contribution in [-0.4, -0.2) is 59.6 Å². The molecule has 7 nitrogen and oxygen atoms in total. The standard InChI is InChI=1S/C16H22Cl2N2O.C4H4O4/c1-3-20(16-13(17)5-4-6-14(16)18)15(21)11-12-7-9-19(2)10-8-12;5-3(6)1-2-4(7)8/h4-6,12H,3,7-11H2,1-2H3;1-2H,(H,5,6)(H,7,8)/b;2-1+. The first-order chi connectivity index (χ1) is 13.6. The van der Waals surface area contributed by atoms with Crippen molar-refractivity contribution in [3.05, 3.63) is 40.4 Å². The smallest absolute Gasteiger partial charge is 0.328 e. The molecule has 0 aromatic heterocycles. The second-order valence-corrected chi connectivity index (χ2v) is 7.48. The van der Waals surface area contributed by atoms with E-state index in [9.17, 15) is 14.4 Å². The molecule has 0 bridgehead atoms. The molecule has 0 spiro atoms. The fourth-order valence-corrected chi connectivity index (χ4v) is 3.57. The maximum atomic E-state index is 12.6. The molecule has 29 heavy (non-hydrogen) atoms. The zero-order chi connectivity index (χ0) is 22.0. The van der Waals surface area contributed by atoms with Gasteiger partial charge in [-0.3, -0.25) is 4.79 Å². The summed E-state index contributed by atoms with van der Waals surface area (Å²) in [5.74, 6) is -1.94. The summed E-state index contributed by atoms with van der Waals surface area (Å²) in [6.45, 7) is 4.66. The second kappa shape index (κ2) is 12.5. The quantitative estimate of drug-likeness (QED) is 0.647. The molecule has 0 radical (unpaired) electrons. The van der Waals surface area contributed by atoms with Crippen molar-refractivity contribution in [1.82, 2.24) is 4.90 Å². The first kappa shape index (κ1) is 24.9. The van der Waals surface area contributed by atoms with E-state index in [2.05, 4.69) is 11.9 Å². The van der Waals surface area contributed by atoms with Crippen molar-refractivity contribution in [2.45, 2.75) is 26.2 Å². The molecular weight excluding hydrogens is 419 g/mol. The zero-order valence-corrected chi connectivity index (χ0v) is 18.0. The van der Waals surface area contributed by atoms with Crippen molar-refractivity contribution >= 4 is 46.7 Å². The molecule has 1 amide bonds. The van der Waals surface area contributed by atoms with Crippen molar-refractivity contribution in [1.29, 1.82) is 0 Å². The number of carbonyl (C=O) groups excluding carboxylic acids is 1. The third-order valence-electron chi connectivity index (χ3n) is 4.49. The molecule has 9 heteroatoms. The molecule has 2 rings (SSSR count). The summed E-state index contributed by atoms with van der Waals surface area (Å²) in [6.07, 6.45) is 3.85. The Bertz CT molecular complexity index is 710. The molecule has 0 atom stereocenters. The lowest BCUT2D eigenvalue weighted by atomic mass is 9.93. The van der Waals surface area contributed by atoms with Crippen LogP contribution in [0.5, 0.6) is 0 Å². The normalized spacial score (nSPS) is 14.9. The number of aliphatic carboxylic acids is 2. The zero-order valence-electron chi connectivity index (χ0n) is 16.5. The second-order valence-electron chi connectivity index (χ2n) is 6.67. The summed E-state index contributed by atoms with van der Waals surface area (Å²) in [6, 6.07) is 5.34. The number of hydrogen-bond acceptors (Lipinski definition) is 4. The highest BCUT2D eigenvalue weighted by atomic mass is 35.5. The molecule has 1 fully saturated rings. The lowest BCUT2D eigenvalue weighted by Gasteiger charge is -2.30. The third kappa shape index (κ3) is 8.85.